The van der Waals surface area contributed by atoms with Crippen LogP contribution in [0.3, 0.4) is 0 Å². The van der Waals surface area contributed by atoms with Crippen LogP contribution in [0, 0.1) is 23.7 Å². The van der Waals surface area contributed by atoms with E-state index in [0.717, 1.165) is 66.8 Å². The monoisotopic (exact) mass is 786 g/mol. The van der Waals surface area contributed by atoms with E-state index in [2.05, 4.69) is 204 Å². The van der Waals surface area contributed by atoms with Crippen molar-refractivity contribution in [3.05, 3.63) is 177 Å². The number of fused-ring (bicyclic) bond motifs is 6. The SMILES string of the molecule is CC(C)(C)c1ccc2c(c1)C(O)(C#Cc1ccc(-c3ccc(C#CC4(O)c5cc(C(C)(C)C)ccc5-c5ccc(C(C)(C)C)cc54)cc3)cc1)c1cc(C(C)(C)C)ccc1-2. The molecule has 302 valence electrons. The third-order valence-electron chi connectivity index (χ3n) is 12.6. The highest BCUT2D eigenvalue weighted by molar-refractivity contribution is 5.84. The van der Waals surface area contributed by atoms with Gasteiger partial charge in [-0.15, -0.1) is 0 Å². The summed E-state index contributed by atoms with van der Waals surface area (Å²) in [4.78, 5) is 0. The number of hydrogen-bond acceptors (Lipinski definition) is 2. The van der Waals surface area contributed by atoms with E-state index >= 15 is 0 Å². The largest absolute Gasteiger partial charge is 0.369 e. The second kappa shape index (κ2) is 14.0. The van der Waals surface area contributed by atoms with E-state index < -0.39 is 11.2 Å². The molecule has 0 spiro atoms. The average molecular weight is 787 g/mol. The summed E-state index contributed by atoms with van der Waals surface area (Å²) in [6.45, 7) is 26.4. The molecule has 2 N–H and O–H groups in total. The number of hydrogen-bond donors (Lipinski definition) is 2. The molecular weight excluding hydrogens is 729 g/mol. The molecule has 2 heteroatoms. The first-order valence-electron chi connectivity index (χ1n) is 21.3. The fourth-order valence-corrected chi connectivity index (χ4v) is 8.56. The molecule has 0 bridgehead atoms. The van der Waals surface area contributed by atoms with Crippen molar-refractivity contribution in [3.8, 4) is 57.1 Å². The fraction of sp³-hybridized carbons (Fsp3) is 0.310. The van der Waals surface area contributed by atoms with Crippen LogP contribution in [0.2, 0.25) is 0 Å². The Morgan fingerprint density at radius 1 is 0.333 bits per heavy atom. The van der Waals surface area contributed by atoms with Crippen LogP contribution in [-0.2, 0) is 32.9 Å². The van der Waals surface area contributed by atoms with E-state index in [-0.39, 0.29) is 21.7 Å². The maximum atomic E-state index is 12.6. The van der Waals surface area contributed by atoms with Gasteiger partial charge in [-0.2, -0.15) is 0 Å². The first-order chi connectivity index (χ1) is 28.0. The van der Waals surface area contributed by atoms with Crippen molar-refractivity contribution >= 4 is 0 Å². The Bertz CT molecular complexity index is 2470. The summed E-state index contributed by atoms with van der Waals surface area (Å²) in [5, 5.41) is 25.2. The number of rotatable bonds is 1. The molecule has 0 aliphatic heterocycles. The van der Waals surface area contributed by atoms with E-state index in [0.29, 0.717) is 0 Å². The van der Waals surface area contributed by atoms with Crippen LogP contribution >= 0.6 is 0 Å². The zero-order valence-corrected chi connectivity index (χ0v) is 37.4. The summed E-state index contributed by atoms with van der Waals surface area (Å²) in [7, 11) is 0. The van der Waals surface area contributed by atoms with Crippen LogP contribution in [0.15, 0.2) is 121 Å². The third kappa shape index (κ3) is 7.21. The lowest BCUT2D eigenvalue weighted by Gasteiger charge is -2.25. The molecule has 2 aliphatic carbocycles. The molecule has 0 amide bonds. The smallest absolute Gasteiger partial charge is 0.178 e. The van der Waals surface area contributed by atoms with Gasteiger partial charge in [0, 0.05) is 33.4 Å². The predicted octanol–water partition coefficient (Wildman–Crippen LogP) is 13.1. The van der Waals surface area contributed by atoms with Gasteiger partial charge >= 0.3 is 0 Å². The van der Waals surface area contributed by atoms with Crippen molar-refractivity contribution in [2.75, 3.05) is 0 Å². The van der Waals surface area contributed by atoms with Gasteiger partial charge in [-0.05, 0) is 102 Å². The van der Waals surface area contributed by atoms with Crippen molar-refractivity contribution in [2.45, 2.75) is 116 Å². The van der Waals surface area contributed by atoms with Crippen LogP contribution in [0.4, 0.5) is 0 Å². The van der Waals surface area contributed by atoms with Gasteiger partial charge in [-0.3, -0.25) is 0 Å². The molecule has 6 aromatic carbocycles. The Kier molecular flexibility index (Phi) is 9.57. The van der Waals surface area contributed by atoms with Gasteiger partial charge in [0.1, 0.15) is 0 Å². The third-order valence-corrected chi connectivity index (χ3v) is 12.6. The summed E-state index contributed by atoms with van der Waals surface area (Å²) < 4.78 is 0. The summed E-state index contributed by atoms with van der Waals surface area (Å²) in [6, 6.07) is 42.3. The topological polar surface area (TPSA) is 40.5 Å². The first-order valence-corrected chi connectivity index (χ1v) is 21.3. The average Bonchev–Trinajstić information content (AvgIpc) is 3.59. The van der Waals surface area contributed by atoms with Crippen molar-refractivity contribution in [3.63, 3.8) is 0 Å². The second-order valence-electron chi connectivity index (χ2n) is 21.1. The lowest BCUT2D eigenvalue weighted by Crippen LogP contribution is -2.24. The van der Waals surface area contributed by atoms with Crippen molar-refractivity contribution in [1.82, 2.24) is 0 Å². The van der Waals surface area contributed by atoms with Crippen LogP contribution in [0.1, 0.15) is 139 Å². The van der Waals surface area contributed by atoms with E-state index in [4.69, 9.17) is 0 Å². The molecule has 6 aromatic rings. The van der Waals surface area contributed by atoms with Gasteiger partial charge in [0.2, 0.25) is 0 Å². The summed E-state index contributed by atoms with van der Waals surface area (Å²) in [5.41, 5.74) is 12.8. The molecule has 0 heterocycles. The van der Waals surface area contributed by atoms with Crippen molar-refractivity contribution in [2.24, 2.45) is 0 Å². The second-order valence-corrected chi connectivity index (χ2v) is 21.1. The van der Waals surface area contributed by atoms with E-state index in [9.17, 15) is 10.2 Å². The predicted molar refractivity (Wildman–Crippen MR) is 250 cm³/mol. The van der Waals surface area contributed by atoms with Crippen LogP contribution in [0.5, 0.6) is 0 Å². The molecule has 0 unspecified atom stereocenters. The number of benzene rings is 6. The Balaban J connectivity index is 1.09. The highest BCUT2D eigenvalue weighted by Crippen LogP contribution is 2.51. The molecule has 2 aliphatic rings. The molecular formula is C58H58O2. The van der Waals surface area contributed by atoms with Gasteiger partial charge in [-0.25, -0.2) is 0 Å². The quantitative estimate of drug-likeness (QED) is 0.163. The minimum atomic E-state index is -1.44. The van der Waals surface area contributed by atoms with E-state index in [1.165, 1.54) is 22.3 Å². The Morgan fingerprint density at radius 3 is 0.783 bits per heavy atom. The highest BCUT2D eigenvalue weighted by Gasteiger charge is 2.43. The van der Waals surface area contributed by atoms with E-state index in [1.807, 2.05) is 24.3 Å². The Morgan fingerprint density at radius 2 is 0.567 bits per heavy atom. The molecule has 0 aromatic heterocycles. The summed E-state index contributed by atoms with van der Waals surface area (Å²) in [6.07, 6.45) is 0. The Hall–Kier alpha value is -5.64. The zero-order valence-electron chi connectivity index (χ0n) is 37.4. The fourth-order valence-electron chi connectivity index (χ4n) is 8.56. The normalized spacial score (nSPS) is 14.8. The standard InChI is InChI=1S/C58H58O2/c1-53(2,3)41-21-25-45-46-26-22-42(54(4,5)6)34-50(46)57(59,49(45)33-41)31-29-37-13-17-39(18-14-37)40-19-15-38(16-20-40)30-32-58(60)51-35-43(55(7,8)9)23-27-47(51)48-28-24-44(36-52(48)58)56(10,11)12/h13-28,33-36,59-60H,1-12H3. The lowest BCUT2D eigenvalue weighted by molar-refractivity contribution is 0.149. The molecule has 0 radical (unpaired) electrons. The molecule has 60 heavy (non-hydrogen) atoms. The zero-order chi connectivity index (χ0) is 43.2. The molecule has 0 saturated heterocycles. The van der Waals surface area contributed by atoms with Crippen LogP contribution in [-0.4, -0.2) is 10.2 Å². The van der Waals surface area contributed by atoms with Gasteiger partial charge in [0.15, 0.2) is 11.2 Å². The lowest BCUT2D eigenvalue weighted by atomic mass is 9.82. The van der Waals surface area contributed by atoms with Crippen molar-refractivity contribution < 1.29 is 10.2 Å². The maximum Gasteiger partial charge on any atom is 0.178 e. The van der Waals surface area contributed by atoms with Gasteiger partial charge < -0.3 is 10.2 Å². The molecule has 0 atom stereocenters. The maximum absolute atomic E-state index is 12.6. The van der Waals surface area contributed by atoms with Crippen molar-refractivity contribution in [1.29, 1.82) is 0 Å². The minimum absolute atomic E-state index is 0.0717. The highest BCUT2D eigenvalue weighted by atomic mass is 16.3. The molecule has 8 rings (SSSR count). The molecule has 2 nitrogen and oxygen atoms in total. The van der Waals surface area contributed by atoms with Gasteiger partial charge in [0.25, 0.3) is 0 Å². The van der Waals surface area contributed by atoms with Crippen LogP contribution < -0.4 is 0 Å². The van der Waals surface area contributed by atoms with Crippen LogP contribution in [0.25, 0.3) is 33.4 Å². The van der Waals surface area contributed by atoms with E-state index in [1.54, 1.807) is 0 Å². The summed E-state index contributed by atoms with van der Waals surface area (Å²) in [5.74, 6) is 13.4. The summed E-state index contributed by atoms with van der Waals surface area (Å²) >= 11 is 0. The first kappa shape index (κ1) is 41.1. The van der Waals surface area contributed by atoms with Gasteiger partial charge in [0.05, 0.1) is 0 Å². The molecule has 0 saturated carbocycles. The Labute approximate surface area is 358 Å². The number of aliphatic hydroxyl groups is 2. The molecule has 0 fully saturated rings. The minimum Gasteiger partial charge on any atom is -0.369 e. The van der Waals surface area contributed by atoms with Gasteiger partial charge in [-0.1, -0.05) is 204 Å².